The topological polar surface area (TPSA) is 24.9 Å². The van der Waals surface area contributed by atoms with Gasteiger partial charge < -0.3 is 5.32 Å². The maximum Gasteiger partial charge on any atom is 0.113 e. The van der Waals surface area contributed by atoms with E-state index in [9.17, 15) is 0 Å². The van der Waals surface area contributed by atoms with E-state index in [-0.39, 0.29) is 5.54 Å². The summed E-state index contributed by atoms with van der Waals surface area (Å²) < 4.78 is 0. The Morgan fingerprint density at radius 1 is 1.28 bits per heavy atom. The van der Waals surface area contributed by atoms with Gasteiger partial charge >= 0.3 is 0 Å². The third-order valence-electron chi connectivity index (χ3n) is 3.95. The third-order valence-corrected chi connectivity index (χ3v) is 5.23. The summed E-state index contributed by atoms with van der Waals surface area (Å²) in [4.78, 5) is 6.17. The van der Waals surface area contributed by atoms with Gasteiger partial charge in [-0.3, -0.25) is 0 Å². The van der Waals surface area contributed by atoms with Crippen molar-refractivity contribution >= 4 is 11.3 Å². The van der Waals surface area contributed by atoms with Gasteiger partial charge in [0.05, 0.1) is 11.2 Å². The van der Waals surface area contributed by atoms with Crippen molar-refractivity contribution in [2.24, 2.45) is 5.92 Å². The number of aromatic nitrogens is 1. The lowest BCUT2D eigenvalue weighted by atomic mass is 9.85. The van der Waals surface area contributed by atoms with Gasteiger partial charge in [-0.1, -0.05) is 34.1 Å². The molecule has 18 heavy (non-hydrogen) atoms. The fourth-order valence-corrected chi connectivity index (χ4v) is 3.57. The molecular weight excluding hydrogens is 240 g/mol. The number of rotatable bonds is 7. The summed E-state index contributed by atoms with van der Waals surface area (Å²) in [5.41, 5.74) is 1.27. The molecule has 0 aliphatic rings. The van der Waals surface area contributed by atoms with E-state index in [2.05, 4.69) is 46.9 Å². The van der Waals surface area contributed by atoms with E-state index in [0.29, 0.717) is 0 Å². The number of aryl methyl sites for hydroxylation is 2. The minimum absolute atomic E-state index is 0.0772. The Balaban J connectivity index is 3.09. The number of hydrogen-bond acceptors (Lipinski definition) is 3. The molecule has 3 heteroatoms. The zero-order chi connectivity index (χ0) is 13.8. The average Bonchev–Trinajstić information content (AvgIpc) is 2.69. The lowest BCUT2D eigenvalue weighted by Crippen LogP contribution is -2.43. The van der Waals surface area contributed by atoms with Crippen molar-refractivity contribution in [2.45, 2.75) is 66.3 Å². The van der Waals surface area contributed by atoms with Gasteiger partial charge in [-0.05, 0) is 39.2 Å². The molecule has 2 nitrogen and oxygen atoms in total. The molecule has 1 aromatic heterocycles. The molecule has 104 valence electrons. The van der Waals surface area contributed by atoms with Crippen molar-refractivity contribution in [3.05, 3.63) is 15.6 Å². The lowest BCUT2D eigenvalue weighted by molar-refractivity contribution is 0.254. The first kappa shape index (κ1) is 15.6. The van der Waals surface area contributed by atoms with Crippen LogP contribution in [0.4, 0.5) is 0 Å². The van der Waals surface area contributed by atoms with E-state index in [0.717, 1.165) is 18.9 Å². The quantitative estimate of drug-likeness (QED) is 0.792. The lowest BCUT2D eigenvalue weighted by Gasteiger charge is -2.34. The van der Waals surface area contributed by atoms with E-state index in [4.69, 9.17) is 4.98 Å². The first-order valence-corrected chi connectivity index (χ1v) is 8.00. The largest absolute Gasteiger partial charge is 0.306 e. The Kier molecular flexibility index (Phi) is 5.80. The van der Waals surface area contributed by atoms with Crippen LogP contribution in [0.25, 0.3) is 0 Å². The van der Waals surface area contributed by atoms with Gasteiger partial charge in [0.1, 0.15) is 5.01 Å². The van der Waals surface area contributed by atoms with Crippen molar-refractivity contribution in [3.63, 3.8) is 0 Å². The highest BCUT2D eigenvalue weighted by Crippen LogP contribution is 2.36. The van der Waals surface area contributed by atoms with E-state index in [1.807, 2.05) is 11.3 Å². The second kappa shape index (κ2) is 6.67. The molecule has 0 amide bonds. The Hall–Kier alpha value is -0.410. The van der Waals surface area contributed by atoms with Crippen molar-refractivity contribution in [2.75, 3.05) is 6.54 Å². The van der Waals surface area contributed by atoms with Gasteiger partial charge in [-0.15, -0.1) is 11.3 Å². The summed E-state index contributed by atoms with van der Waals surface area (Å²) >= 11 is 1.86. The average molecular weight is 268 g/mol. The number of nitrogens with one attached hydrogen (secondary N) is 1. The normalized spacial score (nSPS) is 16.6. The molecule has 2 atom stereocenters. The van der Waals surface area contributed by atoms with Crippen LogP contribution in [0.3, 0.4) is 0 Å². The molecular formula is C15H28N2S. The van der Waals surface area contributed by atoms with Crippen molar-refractivity contribution in [1.82, 2.24) is 10.3 Å². The molecule has 0 aromatic carbocycles. The van der Waals surface area contributed by atoms with Crippen LogP contribution in [-0.4, -0.2) is 11.5 Å². The molecule has 0 radical (unpaired) electrons. The molecule has 0 spiro atoms. The highest BCUT2D eigenvalue weighted by Gasteiger charge is 2.34. The first-order chi connectivity index (χ1) is 8.49. The second-order valence-corrected chi connectivity index (χ2v) is 6.55. The van der Waals surface area contributed by atoms with E-state index in [1.54, 1.807) is 0 Å². The smallest absolute Gasteiger partial charge is 0.113 e. The molecule has 0 aliphatic heterocycles. The van der Waals surface area contributed by atoms with E-state index < -0.39 is 0 Å². The summed E-state index contributed by atoms with van der Waals surface area (Å²) in [6, 6.07) is 0. The maximum atomic E-state index is 4.82. The maximum absolute atomic E-state index is 4.82. The first-order valence-electron chi connectivity index (χ1n) is 7.18. The Labute approximate surface area is 116 Å². The highest BCUT2D eigenvalue weighted by molar-refractivity contribution is 7.11. The standard InChI is InChI=1S/C15H28N2S/c1-7-11(4)10-15(8-2,16-9-3)14-17-12(5)13(6)18-14/h11,16H,7-10H2,1-6H3. The molecule has 1 N–H and O–H groups in total. The molecule has 0 saturated heterocycles. The molecule has 0 saturated carbocycles. The summed E-state index contributed by atoms with van der Waals surface area (Å²) in [7, 11) is 0. The van der Waals surface area contributed by atoms with Gasteiger partial charge in [-0.25, -0.2) is 4.98 Å². The summed E-state index contributed by atoms with van der Waals surface area (Å²) in [6.45, 7) is 14.4. The van der Waals surface area contributed by atoms with Gasteiger partial charge in [0.25, 0.3) is 0 Å². The third kappa shape index (κ3) is 3.33. The zero-order valence-electron chi connectivity index (χ0n) is 12.8. The second-order valence-electron chi connectivity index (χ2n) is 5.34. The van der Waals surface area contributed by atoms with E-state index >= 15 is 0 Å². The molecule has 2 unspecified atom stereocenters. The van der Waals surface area contributed by atoms with Crippen LogP contribution >= 0.6 is 11.3 Å². The summed E-state index contributed by atoms with van der Waals surface area (Å²) in [5.74, 6) is 0.730. The monoisotopic (exact) mass is 268 g/mol. The molecule has 0 aliphatic carbocycles. The van der Waals surface area contributed by atoms with Crippen LogP contribution in [0.15, 0.2) is 0 Å². The fourth-order valence-electron chi connectivity index (χ4n) is 2.41. The van der Waals surface area contributed by atoms with Gasteiger partial charge in [0.2, 0.25) is 0 Å². The van der Waals surface area contributed by atoms with Crippen LogP contribution in [0, 0.1) is 19.8 Å². The molecule has 0 bridgehead atoms. The minimum atomic E-state index is 0.0772. The molecule has 1 heterocycles. The van der Waals surface area contributed by atoms with Crippen LogP contribution < -0.4 is 5.32 Å². The molecule has 1 aromatic rings. The summed E-state index contributed by atoms with van der Waals surface area (Å²) in [6.07, 6.45) is 3.52. The number of thiazole rings is 1. The highest BCUT2D eigenvalue weighted by atomic mass is 32.1. The van der Waals surface area contributed by atoms with Crippen LogP contribution in [0.2, 0.25) is 0 Å². The Bertz CT molecular complexity index is 353. The fraction of sp³-hybridized carbons (Fsp3) is 0.800. The number of hydrogen-bond donors (Lipinski definition) is 1. The molecule has 1 rings (SSSR count). The van der Waals surface area contributed by atoms with Crippen LogP contribution in [-0.2, 0) is 5.54 Å². The summed E-state index contributed by atoms with van der Waals surface area (Å²) in [5, 5.41) is 5.00. The zero-order valence-corrected chi connectivity index (χ0v) is 13.6. The van der Waals surface area contributed by atoms with Crippen LogP contribution in [0.5, 0.6) is 0 Å². The predicted octanol–water partition coefficient (Wildman–Crippen LogP) is 4.41. The van der Waals surface area contributed by atoms with E-state index in [1.165, 1.54) is 28.4 Å². The van der Waals surface area contributed by atoms with Crippen molar-refractivity contribution in [1.29, 1.82) is 0 Å². The Morgan fingerprint density at radius 3 is 2.33 bits per heavy atom. The van der Waals surface area contributed by atoms with Crippen LogP contribution in [0.1, 0.15) is 62.5 Å². The van der Waals surface area contributed by atoms with Gasteiger partial charge in [-0.2, -0.15) is 0 Å². The molecule has 0 fully saturated rings. The van der Waals surface area contributed by atoms with Crippen molar-refractivity contribution in [3.8, 4) is 0 Å². The minimum Gasteiger partial charge on any atom is -0.306 e. The van der Waals surface area contributed by atoms with Gasteiger partial charge in [0, 0.05) is 4.88 Å². The number of nitrogens with zero attached hydrogens (tertiary/aromatic N) is 1. The SMILES string of the molecule is CCNC(CC)(CC(C)CC)c1nc(C)c(C)s1. The van der Waals surface area contributed by atoms with Gasteiger partial charge in [0.15, 0.2) is 0 Å². The van der Waals surface area contributed by atoms with Crippen molar-refractivity contribution < 1.29 is 0 Å². The Morgan fingerprint density at radius 2 is 1.94 bits per heavy atom. The predicted molar refractivity (Wildman–Crippen MR) is 81.3 cm³/mol.